The predicted molar refractivity (Wildman–Crippen MR) is 91.6 cm³/mol. The van der Waals surface area contributed by atoms with Crippen molar-refractivity contribution in [3.05, 3.63) is 47.6 Å². The van der Waals surface area contributed by atoms with Crippen molar-refractivity contribution in [1.29, 1.82) is 0 Å². The van der Waals surface area contributed by atoms with Crippen molar-refractivity contribution in [2.75, 3.05) is 13.7 Å². The second kappa shape index (κ2) is 7.12. The van der Waals surface area contributed by atoms with E-state index in [1.807, 2.05) is 24.3 Å². The van der Waals surface area contributed by atoms with Crippen LogP contribution in [-0.4, -0.2) is 37.3 Å². The summed E-state index contributed by atoms with van der Waals surface area (Å²) in [7, 11) is -1.84. The van der Waals surface area contributed by atoms with E-state index in [0.29, 0.717) is 22.3 Å². The number of thiophene rings is 1. The van der Waals surface area contributed by atoms with E-state index in [2.05, 4.69) is 19.9 Å². The first-order chi connectivity index (χ1) is 11.6. The summed E-state index contributed by atoms with van der Waals surface area (Å²) in [4.78, 5) is 4.38. The Morgan fingerprint density at radius 3 is 2.71 bits per heavy atom. The van der Waals surface area contributed by atoms with E-state index in [4.69, 9.17) is 4.74 Å². The Morgan fingerprint density at radius 2 is 2.04 bits per heavy atom. The average Bonchev–Trinajstić information content (AvgIpc) is 3.27. The van der Waals surface area contributed by atoms with E-state index in [0.717, 1.165) is 11.3 Å². The van der Waals surface area contributed by atoms with Crippen molar-refractivity contribution >= 4 is 21.4 Å². The van der Waals surface area contributed by atoms with Crippen molar-refractivity contribution in [1.82, 2.24) is 19.9 Å². The minimum absolute atomic E-state index is 0.247. The van der Waals surface area contributed by atoms with Crippen LogP contribution in [0.25, 0.3) is 11.4 Å². The third-order valence-corrected chi connectivity index (χ3v) is 6.15. The molecule has 0 spiro atoms. The predicted octanol–water partition coefficient (Wildman–Crippen LogP) is 2.06. The fourth-order valence-electron chi connectivity index (χ4n) is 2.07. The summed E-state index contributed by atoms with van der Waals surface area (Å²) >= 11 is 1.18. The smallest absolute Gasteiger partial charge is 0.250 e. The van der Waals surface area contributed by atoms with Crippen LogP contribution in [0, 0.1) is 0 Å². The molecule has 0 saturated heterocycles. The molecule has 0 aliphatic rings. The molecule has 0 bridgehead atoms. The molecule has 0 radical (unpaired) electrons. The Hall–Kier alpha value is -2.23. The van der Waals surface area contributed by atoms with Gasteiger partial charge in [0.05, 0.1) is 7.11 Å². The van der Waals surface area contributed by atoms with Gasteiger partial charge in [0.25, 0.3) is 0 Å². The van der Waals surface area contributed by atoms with Gasteiger partial charge < -0.3 is 4.74 Å². The molecular weight excluding hydrogens is 348 g/mol. The summed E-state index contributed by atoms with van der Waals surface area (Å²) in [6.07, 6.45) is 0.424. The summed E-state index contributed by atoms with van der Waals surface area (Å²) in [5, 5.41) is 8.71. The molecule has 0 saturated carbocycles. The van der Waals surface area contributed by atoms with Crippen LogP contribution in [0.2, 0.25) is 0 Å². The number of aromatic nitrogens is 3. The molecule has 2 N–H and O–H groups in total. The minimum Gasteiger partial charge on any atom is -0.497 e. The molecule has 24 heavy (non-hydrogen) atoms. The van der Waals surface area contributed by atoms with Crippen molar-refractivity contribution in [3.63, 3.8) is 0 Å². The molecule has 3 rings (SSSR count). The summed E-state index contributed by atoms with van der Waals surface area (Å²) in [6, 6.07) is 10.7. The van der Waals surface area contributed by atoms with Gasteiger partial charge in [-0.1, -0.05) is 6.07 Å². The largest absolute Gasteiger partial charge is 0.497 e. The maximum absolute atomic E-state index is 12.0. The van der Waals surface area contributed by atoms with E-state index >= 15 is 0 Å². The van der Waals surface area contributed by atoms with Crippen molar-refractivity contribution in [2.45, 2.75) is 10.6 Å². The molecule has 0 unspecified atom stereocenters. The lowest BCUT2D eigenvalue weighted by Crippen LogP contribution is -2.25. The number of nitrogens with zero attached hydrogens (tertiary/aromatic N) is 2. The van der Waals surface area contributed by atoms with Gasteiger partial charge in [0.1, 0.15) is 15.8 Å². The van der Waals surface area contributed by atoms with Gasteiger partial charge >= 0.3 is 0 Å². The van der Waals surface area contributed by atoms with Gasteiger partial charge in [0.2, 0.25) is 10.0 Å². The third-order valence-electron chi connectivity index (χ3n) is 3.29. The quantitative estimate of drug-likeness (QED) is 0.669. The summed E-state index contributed by atoms with van der Waals surface area (Å²) in [6.45, 7) is 0.247. The van der Waals surface area contributed by atoms with Gasteiger partial charge in [0, 0.05) is 18.5 Å². The van der Waals surface area contributed by atoms with E-state index in [1.165, 1.54) is 11.3 Å². The number of benzene rings is 1. The molecule has 7 nitrogen and oxygen atoms in total. The molecule has 126 valence electrons. The van der Waals surface area contributed by atoms with Gasteiger partial charge in [0.15, 0.2) is 5.82 Å². The highest BCUT2D eigenvalue weighted by Gasteiger charge is 2.14. The van der Waals surface area contributed by atoms with Crippen LogP contribution in [0.1, 0.15) is 5.82 Å². The molecular formula is C15H16N4O3S2. The standard InChI is InChI=1S/C15H16N4O3S2/c1-22-12-6-4-11(5-7-12)15-17-13(18-19-15)8-9-16-24(20,21)14-3-2-10-23-14/h2-7,10,16H,8-9H2,1H3,(H,17,18,19). The van der Waals surface area contributed by atoms with Crippen LogP contribution < -0.4 is 9.46 Å². The summed E-state index contributed by atoms with van der Waals surface area (Å²) in [5.74, 6) is 1.95. The highest BCUT2D eigenvalue weighted by Crippen LogP contribution is 2.19. The minimum atomic E-state index is -3.45. The van der Waals surface area contributed by atoms with Gasteiger partial charge in [-0.3, -0.25) is 5.10 Å². The van der Waals surface area contributed by atoms with Gasteiger partial charge in [-0.05, 0) is 35.7 Å². The van der Waals surface area contributed by atoms with Gasteiger partial charge in [-0.2, -0.15) is 5.10 Å². The lowest BCUT2D eigenvalue weighted by Gasteiger charge is -2.02. The topological polar surface area (TPSA) is 97.0 Å². The normalized spacial score (nSPS) is 11.5. The summed E-state index contributed by atoms with van der Waals surface area (Å²) < 4.78 is 32.0. The fourth-order valence-corrected chi connectivity index (χ4v) is 4.14. The zero-order chi connectivity index (χ0) is 17.0. The number of nitrogens with one attached hydrogen (secondary N) is 2. The van der Waals surface area contributed by atoms with Gasteiger partial charge in [-0.15, -0.1) is 11.3 Å². The van der Waals surface area contributed by atoms with Crippen LogP contribution in [0.3, 0.4) is 0 Å². The second-order valence-corrected chi connectivity index (χ2v) is 7.86. The Bertz CT molecular complexity index is 887. The van der Waals surface area contributed by atoms with E-state index < -0.39 is 10.0 Å². The Kier molecular flexibility index (Phi) is 4.93. The first kappa shape index (κ1) is 16.6. The van der Waals surface area contributed by atoms with Crippen LogP contribution in [0.15, 0.2) is 46.0 Å². The number of hydrogen-bond donors (Lipinski definition) is 2. The first-order valence-electron chi connectivity index (χ1n) is 7.17. The molecule has 2 heterocycles. The average molecular weight is 364 g/mol. The molecule has 0 atom stereocenters. The number of rotatable bonds is 7. The number of ether oxygens (including phenoxy) is 1. The van der Waals surface area contributed by atoms with Gasteiger partial charge in [-0.25, -0.2) is 18.1 Å². The molecule has 0 fully saturated rings. The number of sulfonamides is 1. The fraction of sp³-hybridized carbons (Fsp3) is 0.200. The molecule has 0 aliphatic carbocycles. The number of aromatic amines is 1. The molecule has 9 heteroatoms. The van der Waals surface area contributed by atoms with Crippen molar-refractivity contribution in [2.24, 2.45) is 0 Å². The zero-order valence-electron chi connectivity index (χ0n) is 12.9. The lowest BCUT2D eigenvalue weighted by molar-refractivity contribution is 0.415. The van der Waals surface area contributed by atoms with Crippen LogP contribution >= 0.6 is 11.3 Å². The highest BCUT2D eigenvalue weighted by molar-refractivity contribution is 7.91. The Labute approximate surface area is 143 Å². The lowest BCUT2D eigenvalue weighted by atomic mass is 10.2. The Morgan fingerprint density at radius 1 is 1.25 bits per heavy atom. The van der Waals surface area contributed by atoms with E-state index in [1.54, 1.807) is 24.6 Å². The third kappa shape index (κ3) is 3.81. The van der Waals surface area contributed by atoms with Crippen LogP contribution in [0.4, 0.5) is 0 Å². The zero-order valence-corrected chi connectivity index (χ0v) is 14.5. The monoisotopic (exact) mass is 364 g/mol. The molecule has 1 aromatic carbocycles. The maximum atomic E-state index is 12.0. The maximum Gasteiger partial charge on any atom is 0.250 e. The Balaban J connectivity index is 1.60. The van der Waals surface area contributed by atoms with Crippen LogP contribution in [-0.2, 0) is 16.4 Å². The second-order valence-electron chi connectivity index (χ2n) is 4.91. The van der Waals surface area contributed by atoms with E-state index in [-0.39, 0.29) is 6.54 Å². The van der Waals surface area contributed by atoms with Crippen molar-refractivity contribution < 1.29 is 13.2 Å². The molecule has 0 amide bonds. The van der Waals surface area contributed by atoms with E-state index in [9.17, 15) is 8.42 Å². The van der Waals surface area contributed by atoms with Crippen LogP contribution in [0.5, 0.6) is 5.75 Å². The number of hydrogen-bond acceptors (Lipinski definition) is 6. The van der Waals surface area contributed by atoms with Crippen molar-refractivity contribution in [3.8, 4) is 17.1 Å². The number of methoxy groups -OCH3 is 1. The molecule has 3 aromatic rings. The SMILES string of the molecule is COc1ccc(-c2n[nH]c(CCNS(=O)(=O)c3cccs3)n2)cc1. The summed E-state index contributed by atoms with van der Waals surface area (Å²) in [5.41, 5.74) is 0.859. The molecule has 2 aromatic heterocycles. The molecule has 0 aliphatic heterocycles. The highest BCUT2D eigenvalue weighted by atomic mass is 32.2. The first-order valence-corrected chi connectivity index (χ1v) is 9.53. The number of H-pyrrole nitrogens is 1.